The predicted molar refractivity (Wildman–Crippen MR) is 119 cm³/mol. The molecule has 1 saturated carbocycles. The highest BCUT2D eigenvalue weighted by atomic mass is 31.1. The Kier molecular flexibility index (Phi) is 2.96. The molecule has 12 bridgehead atoms. The maximum Gasteiger partial charge on any atom is -0.00120 e. The third kappa shape index (κ3) is 2.05. The van der Waals surface area contributed by atoms with Crippen molar-refractivity contribution >= 4 is 23.8 Å². The smallest absolute Gasteiger partial charge is 0.00120 e. The number of hydrogen-bond donors (Lipinski definition) is 0. The van der Waals surface area contributed by atoms with Crippen molar-refractivity contribution in [1.82, 2.24) is 0 Å². The van der Waals surface area contributed by atoms with Gasteiger partial charge in [-0.05, 0) is 69.4 Å². The maximum atomic E-state index is 2.40. The molecular weight excluding hydrogens is 355 g/mol. The molecule has 3 unspecified atom stereocenters. The summed E-state index contributed by atoms with van der Waals surface area (Å²) in [7, 11) is -0.518. The van der Waals surface area contributed by atoms with Gasteiger partial charge in [0.25, 0.3) is 0 Å². The van der Waals surface area contributed by atoms with Crippen LogP contribution in [-0.2, 0) is 0 Å². The highest BCUT2D eigenvalue weighted by Gasteiger charge is 2.52. The molecule has 0 saturated heterocycles. The Labute approximate surface area is 166 Å². The van der Waals surface area contributed by atoms with Gasteiger partial charge in [-0.1, -0.05) is 97.1 Å². The van der Waals surface area contributed by atoms with E-state index in [0.717, 1.165) is 0 Å². The van der Waals surface area contributed by atoms with Gasteiger partial charge in [-0.15, -0.1) is 0 Å². The summed E-state index contributed by atoms with van der Waals surface area (Å²) < 4.78 is 0. The van der Waals surface area contributed by atoms with Crippen LogP contribution < -0.4 is 15.9 Å². The summed E-state index contributed by atoms with van der Waals surface area (Å²) in [6, 6.07) is 37.8. The molecule has 1 fully saturated rings. The van der Waals surface area contributed by atoms with E-state index in [9.17, 15) is 0 Å². The average molecular weight is 374 g/mol. The van der Waals surface area contributed by atoms with Crippen LogP contribution in [0, 0.1) is 0 Å². The molecule has 0 radical (unpaired) electrons. The van der Waals surface area contributed by atoms with Crippen LogP contribution in [0.25, 0.3) is 11.1 Å². The molecule has 17 rings (SSSR count). The second-order valence-electron chi connectivity index (χ2n) is 8.26. The van der Waals surface area contributed by atoms with Gasteiger partial charge in [0.1, 0.15) is 0 Å². The Morgan fingerprint density at radius 2 is 0.643 bits per heavy atom. The highest BCUT2D eigenvalue weighted by molar-refractivity contribution is 7.79. The molecule has 0 nitrogen and oxygen atoms in total. The van der Waals surface area contributed by atoms with Crippen LogP contribution in [0.2, 0.25) is 0 Å². The molecular formula is C27H19P. The van der Waals surface area contributed by atoms with Crippen LogP contribution in [0.15, 0.2) is 97.1 Å². The zero-order chi connectivity index (χ0) is 18.2. The summed E-state index contributed by atoms with van der Waals surface area (Å²) in [5.41, 5.74) is 7.08. The first-order valence-corrected chi connectivity index (χ1v) is 11.4. The van der Waals surface area contributed by atoms with Gasteiger partial charge in [-0.3, -0.25) is 0 Å². The van der Waals surface area contributed by atoms with Crippen molar-refractivity contribution in [1.29, 1.82) is 0 Å². The second-order valence-corrected chi connectivity index (χ2v) is 10.5. The lowest BCUT2D eigenvalue weighted by Crippen LogP contribution is -2.20. The number of benzene rings is 4. The first-order chi connectivity index (χ1) is 13.9. The first-order valence-electron chi connectivity index (χ1n) is 10.1. The van der Waals surface area contributed by atoms with Gasteiger partial charge < -0.3 is 0 Å². The van der Waals surface area contributed by atoms with Gasteiger partial charge in [-0.25, -0.2) is 0 Å². The summed E-state index contributed by atoms with van der Waals surface area (Å²) in [5, 5.41) is 4.32. The Bertz CT molecular complexity index is 1130. The minimum absolute atomic E-state index is 0.518. The largest absolute Gasteiger partial charge is 0.0581 e. The third-order valence-corrected chi connectivity index (χ3v) is 9.29. The second kappa shape index (κ2) is 5.43. The fourth-order valence-electron chi connectivity index (χ4n) is 5.39. The Morgan fingerprint density at radius 3 is 1.04 bits per heavy atom. The zero-order valence-corrected chi connectivity index (χ0v) is 16.3. The monoisotopic (exact) mass is 374 g/mol. The number of rotatable bonds is 0. The van der Waals surface area contributed by atoms with E-state index in [1.54, 1.807) is 0 Å². The van der Waals surface area contributed by atoms with Crippen LogP contribution in [0.5, 0.6) is 0 Å². The van der Waals surface area contributed by atoms with E-state index in [4.69, 9.17) is 0 Å². The fourth-order valence-corrected chi connectivity index (χ4v) is 7.63. The Hall–Kier alpha value is -2.69. The van der Waals surface area contributed by atoms with Crippen molar-refractivity contribution in [3.63, 3.8) is 0 Å². The average Bonchev–Trinajstić information content (AvgIpc) is 3.51. The normalized spacial score (nSPS) is 25.1. The molecule has 1 aliphatic carbocycles. The van der Waals surface area contributed by atoms with Gasteiger partial charge in [0.2, 0.25) is 0 Å². The molecule has 0 spiro atoms. The molecule has 0 N–H and O–H groups in total. The molecule has 132 valence electrons. The van der Waals surface area contributed by atoms with Crippen molar-refractivity contribution in [3.05, 3.63) is 114 Å². The summed E-state index contributed by atoms with van der Waals surface area (Å²) in [4.78, 5) is 0. The first kappa shape index (κ1) is 15.3. The SMILES string of the molecule is c1cc2ccc1-c1ccc(cc1)P1c3ccc(cc3)C3C2[C@@H]3c2ccc1cc2. The predicted octanol–water partition coefficient (Wildman–Crippen LogP) is 5.40. The highest BCUT2D eigenvalue weighted by Crippen LogP contribution is 2.66. The van der Waals surface area contributed by atoms with E-state index in [1.165, 1.54) is 43.7 Å². The molecule has 13 aliphatic rings. The van der Waals surface area contributed by atoms with Gasteiger partial charge in [-0.2, -0.15) is 0 Å². The minimum atomic E-state index is -0.518. The van der Waals surface area contributed by atoms with Crippen LogP contribution in [0.1, 0.15) is 34.4 Å². The number of hydrogen-bond acceptors (Lipinski definition) is 0. The Morgan fingerprint density at radius 1 is 0.357 bits per heavy atom. The molecule has 4 aromatic carbocycles. The lowest BCUT2D eigenvalue weighted by Gasteiger charge is -2.20. The van der Waals surface area contributed by atoms with Gasteiger partial charge in [0, 0.05) is 0 Å². The van der Waals surface area contributed by atoms with Crippen molar-refractivity contribution in [2.24, 2.45) is 0 Å². The lowest BCUT2D eigenvalue weighted by atomic mass is 10.00. The molecule has 12 heterocycles. The van der Waals surface area contributed by atoms with E-state index < -0.39 is 7.92 Å². The van der Waals surface area contributed by atoms with Crippen LogP contribution >= 0.6 is 7.92 Å². The Balaban J connectivity index is 1.60. The summed E-state index contributed by atoms with van der Waals surface area (Å²) in [5.74, 6) is 1.76. The van der Waals surface area contributed by atoms with Crippen molar-refractivity contribution < 1.29 is 0 Å². The van der Waals surface area contributed by atoms with Gasteiger partial charge in [0.15, 0.2) is 0 Å². The van der Waals surface area contributed by atoms with Gasteiger partial charge >= 0.3 is 0 Å². The van der Waals surface area contributed by atoms with Gasteiger partial charge in [0.05, 0.1) is 0 Å². The summed E-state index contributed by atoms with van der Waals surface area (Å²) in [6.07, 6.45) is 0. The van der Waals surface area contributed by atoms with E-state index in [1.807, 2.05) is 0 Å². The van der Waals surface area contributed by atoms with Crippen molar-refractivity contribution in [3.8, 4) is 11.1 Å². The maximum absolute atomic E-state index is 2.40. The quantitative estimate of drug-likeness (QED) is 0.361. The third-order valence-electron chi connectivity index (χ3n) is 6.85. The van der Waals surface area contributed by atoms with Crippen LogP contribution in [0.3, 0.4) is 0 Å². The van der Waals surface area contributed by atoms with Crippen LogP contribution in [0.4, 0.5) is 0 Å². The topological polar surface area (TPSA) is 0 Å². The van der Waals surface area contributed by atoms with E-state index >= 15 is 0 Å². The standard InChI is InChI=1S/C27H19P/c1-3-19-4-2-17(1)18-5-11-22(12-6-18)28-23-13-7-20(8-14-23)26-25(19)27(26)21-9-15-24(28)16-10-21/h1-16,25-27H/t25?,26-,27?,28?/m0/s1. The zero-order valence-electron chi connectivity index (χ0n) is 15.4. The molecule has 0 amide bonds. The minimum Gasteiger partial charge on any atom is -0.0581 e. The molecule has 4 atom stereocenters. The molecule has 12 aliphatic heterocycles. The lowest BCUT2D eigenvalue weighted by molar-refractivity contribution is 1.03. The molecule has 1 heteroatoms. The van der Waals surface area contributed by atoms with E-state index in [0.29, 0.717) is 17.8 Å². The molecule has 0 aromatic heterocycles. The van der Waals surface area contributed by atoms with Crippen molar-refractivity contribution in [2.45, 2.75) is 17.8 Å². The van der Waals surface area contributed by atoms with E-state index in [2.05, 4.69) is 97.1 Å². The molecule has 4 aromatic rings. The fraction of sp³-hybridized carbons (Fsp3) is 0.111. The molecule has 28 heavy (non-hydrogen) atoms. The summed E-state index contributed by atoms with van der Waals surface area (Å²) in [6.45, 7) is 0. The van der Waals surface area contributed by atoms with Crippen molar-refractivity contribution in [2.75, 3.05) is 0 Å². The summed E-state index contributed by atoms with van der Waals surface area (Å²) >= 11 is 0. The van der Waals surface area contributed by atoms with Crippen LogP contribution in [-0.4, -0.2) is 0 Å². The van der Waals surface area contributed by atoms with E-state index in [-0.39, 0.29) is 0 Å².